The highest BCUT2D eigenvalue weighted by Crippen LogP contribution is 2.16. The van der Waals surface area contributed by atoms with Gasteiger partial charge in [0.1, 0.15) is 0 Å². The van der Waals surface area contributed by atoms with Gasteiger partial charge in [-0.1, -0.05) is 12.8 Å². The van der Waals surface area contributed by atoms with Crippen LogP contribution in [-0.2, 0) is 4.79 Å². The number of thioether (sulfide) groups is 1. The lowest BCUT2D eigenvalue weighted by atomic mass is 9.91. The number of carbonyl (C=O) groups is 1. The number of nitrogens with one attached hydrogen (secondary N) is 1. The Kier molecular flexibility index (Phi) is 4.59. The molecule has 1 fully saturated rings. The molecule has 1 amide bonds. The van der Waals surface area contributed by atoms with Crippen LogP contribution in [0.3, 0.4) is 0 Å². The molecule has 13 heavy (non-hydrogen) atoms. The first-order valence-corrected chi connectivity index (χ1v) is 6.17. The highest BCUT2D eigenvalue weighted by Gasteiger charge is 2.22. The first-order chi connectivity index (χ1) is 6.24. The molecule has 0 heterocycles. The second-order valence-electron chi connectivity index (χ2n) is 3.56. The smallest absolute Gasteiger partial charge is 0.230 e. The van der Waals surface area contributed by atoms with Crippen molar-refractivity contribution < 1.29 is 4.79 Å². The molecule has 0 aromatic carbocycles. The maximum Gasteiger partial charge on any atom is 0.230 e. The fraction of sp³-hybridized carbons (Fsp3) is 0.889. The van der Waals surface area contributed by atoms with Crippen molar-refractivity contribution in [2.75, 3.05) is 12.0 Å². The van der Waals surface area contributed by atoms with Gasteiger partial charge in [-0.05, 0) is 19.1 Å². The van der Waals surface area contributed by atoms with Gasteiger partial charge < -0.3 is 11.1 Å². The van der Waals surface area contributed by atoms with Crippen molar-refractivity contribution in [3.05, 3.63) is 0 Å². The SMILES string of the molecule is CSCC(=O)NC1CCCCC1N. The summed E-state index contributed by atoms with van der Waals surface area (Å²) in [5, 5.41) is 2.98. The number of carbonyl (C=O) groups excluding carboxylic acids is 1. The van der Waals surface area contributed by atoms with Gasteiger partial charge in [0.15, 0.2) is 0 Å². The van der Waals surface area contributed by atoms with Crippen LogP contribution in [0.25, 0.3) is 0 Å². The van der Waals surface area contributed by atoms with E-state index in [-0.39, 0.29) is 18.0 Å². The van der Waals surface area contributed by atoms with Crippen LogP contribution in [0.5, 0.6) is 0 Å². The minimum absolute atomic E-state index is 0.120. The Bertz CT molecular complexity index is 175. The Hall–Kier alpha value is -0.220. The van der Waals surface area contributed by atoms with E-state index in [0.29, 0.717) is 5.75 Å². The Morgan fingerprint density at radius 3 is 2.85 bits per heavy atom. The normalized spacial score (nSPS) is 28.5. The third-order valence-electron chi connectivity index (χ3n) is 2.44. The molecule has 0 saturated heterocycles. The molecule has 2 unspecified atom stereocenters. The van der Waals surface area contributed by atoms with Crippen molar-refractivity contribution in [3.63, 3.8) is 0 Å². The summed E-state index contributed by atoms with van der Waals surface area (Å²) in [6.07, 6.45) is 6.42. The molecule has 1 aliphatic rings. The molecule has 0 aromatic rings. The van der Waals surface area contributed by atoms with E-state index in [1.165, 1.54) is 12.8 Å². The molecule has 0 aromatic heterocycles. The lowest BCUT2D eigenvalue weighted by Gasteiger charge is -2.29. The Balaban J connectivity index is 2.29. The summed E-state index contributed by atoms with van der Waals surface area (Å²) in [4.78, 5) is 11.3. The van der Waals surface area contributed by atoms with Crippen molar-refractivity contribution >= 4 is 17.7 Å². The molecule has 0 aliphatic heterocycles. The molecule has 2 atom stereocenters. The quantitative estimate of drug-likeness (QED) is 0.709. The van der Waals surface area contributed by atoms with E-state index in [0.717, 1.165) is 12.8 Å². The third kappa shape index (κ3) is 3.56. The molecule has 3 nitrogen and oxygen atoms in total. The van der Waals surface area contributed by atoms with E-state index >= 15 is 0 Å². The Morgan fingerprint density at radius 2 is 2.23 bits per heavy atom. The van der Waals surface area contributed by atoms with Crippen LogP contribution >= 0.6 is 11.8 Å². The zero-order valence-corrected chi connectivity index (χ0v) is 8.90. The molecule has 1 saturated carbocycles. The first kappa shape index (κ1) is 10.9. The maximum absolute atomic E-state index is 11.3. The van der Waals surface area contributed by atoms with Gasteiger partial charge in [-0.2, -0.15) is 11.8 Å². The predicted molar refractivity (Wildman–Crippen MR) is 56.8 cm³/mol. The summed E-state index contributed by atoms with van der Waals surface area (Å²) in [5.41, 5.74) is 5.90. The molecule has 0 spiro atoms. The lowest BCUT2D eigenvalue weighted by Crippen LogP contribution is -2.49. The molecule has 4 heteroatoms. The van der Waals surface area contributed by atoms with Crippen molar-refractivity contribution in [3.8, 4) is 0 Å². The average molecular weight is 202 g/mol. The number of hydrogen-bond donors (Lipinski definition) is 2. The van der Waals surface area contributed by atoms with Crippen molar-refractivity contribution in [1.82, 2.24) is 5.32 Å². The zero-order valence-electron chi connectivity index (χ0n) is 8.08. The Morgan fingerprint density at radius 1 is 1.54 bits per heavy atom. The highest BCUT2D eigenvalue weighted by atomic mass is 32.2. The van der Waals surface area contributed by atoms with Crippen LogP contribution in [0.4, 0.5) is 0 Å². The molecule has 1 aliphatic carbocycles. The summed E-state index contributed by atoms with van der Waals surface area (Å²) < 4.78 is 0. The number of rotatable bonds is 3. The minimum Gasteiger partial charge on any atom is -0.351 e. The van der Waals surface area contributed by atoms with Crippen LogP contribution in [0.2, 0.25) is 0 Å². The minimum atomic E-state index is 0.120. The van der Waals surface area contributed by atoms with Crippen molar-refractivity contribution in [2.45, 2.75) is 37.8 Å². The van der Waals surface area contributed by atoms with Crippen LogP contribution in [0.15, 0.2) is 0 Å². The summed E-state index contributed by atoms with van der Waals surface area (Å²) >= 11 is 1.55. The summed E-state index contributed by atoms with van der Waals surface area (Å²) in [7, 11) is 0. The molecule has 0 radical (unpaired) electrons. The largest absolute Gasteiger partial charge is 0.351 e. The van der Waals surface area contributed by atoms with E-state index in [2.05, 4.69) is 5.32 Å². The zero-order chi connectivity index (χ0) is 9.68. The standard InChI is InChI=1S/C9H18N2OS/c1-13-6-9(12)11-8-5-3-2-4-7(8)10/h7-8H,2-6,10H2,1H3,(H,11,12). The van der Waals surface area contributed by atoms with Crippen LogP contribution in [0.1, 0.15) is 25.7 Å². The molecule has 3 N–H and O–H groups in total. The molecule has 0 bridgehead atoms. The second-order valence-corrected chi connectivity index (χ2v) is 4.42. The van der Waals surface area contributed by atoms with E-state index in [9.17, 15) is 4.79 Å². The number of nitrogens with two attached hydrogens (primary N) is 1. The monoisotopic (exact) mass is 202 g/mol. The van der Waals surface area contributed by atoms with Crippen LogP contribution in [-0.4, -0.2) is 30.0 Å². The fourth-order valence-corrected chi connectivity index (χ4v) is 2.06. The van der Waals surface area contributed by atoms with E-state index in [4.69, 9.17) is 5.73 Å². The second kappa shape index (κ2) is 5.50. The summed E-state index contributed by atoms with van der Waals surface area (Å²) in [5.74, 6) is 0.665. The lowest BCUT2D eigenvalue weighted by molar-refractivity contribution is -0.119. The van der Waals surface area contributed by atoms with Gasteiger partial charge in [0.2, 0.25) is 5.91 Å². The molecular weight excluding hydrogens is 184 g/mol. The topological polar surface area (TPSA) is 55.1 Å². The Labute approximate surface area is 83.8 Å². The summed E-state index contributed by atoms with van der Waals surface area (Å²) in [6.45, 7) is 0. The van der Waals surface area contributed by atoms with Gasteiger partial charge in [-0.3, -0.25) is 4.79 Å². The van der Waals surface area contributed by atoms with Gasteiger partial charge in [-0.15, -0.1) is 0 Å². The molecular formula is C9H18N2OS. The van der Waals surface area contributed by atoms with E-state index in [1.807, 2.05) is 6.26 Å². The van der Waals surface area contributed by atoms with Gasteiger partial charge in [-0.25, -0.2) is 0 Å². The number of amides is 1. The maximum atomic E-state index is 11.3. The number of hydrogen-bond acceptors (Lipinski definition) is 3. The van der Waals surface area contributed by atoms with Gasteiger partial charge >= 0.3 is 0 Å². The van der Waals surface area contributed by atoms with Crippen molar-refractivity contribution in [1.29, 1.82) is 0 Å². The van der Waals surface area contributed by atoms with Gasteiger partial charge in [0.25, 0.3) is 0 Å². The van der Waals surface area contributed by atoms with E-state index in [1.54, 1.807) is 11.8 Å². The molecule has 76 valence electrons. The predicted octanol–water partition coefficient (Wildman–Crippen LogP) is 0.735. The molecule has 1 rings (SSSR count). The highest BCUT2D eigenvalue weighted by molar-refractivity contribution is 7.99. The summed E-state index contributed by atoms with van der Waals surface area (Å²) in [6, 6.07) is 0.382. The first-order valence-electron chi connectivity index (χ1n) is 4.78. The average Bonchev–Trinajstić information content (AvgIpc) is 2.09. The van der Waals surface area contributed by atoms with Gasteiger partial charge in [0.05, 0.1) is 5.75 Å². The van der Waals surface area contributed by atoms with Crippen LogP contribution in [0, 0.1) is 0 Å². The van der Waals surface area contributed by atoms with Gasteiger partial charge in [0, 0.05) is 12.1 Å². The van der Waals surface area contributed by atoms with E-state index < -0.39 is 0 Å². The van der Waals surface area contributed by atoms with Crippen LogP contribution < -0.4 is 11.1 Å². The fourth-order valence-electron chi connectivity index (χ4n) is 1.72. The third-order valence-corrected chi connectivity index (χ3v) is 2.99. The van der Waals surface area contributed by atoms with Crippen molar-refractivity contribution in [2.24, 2.45) is 5.73 Å².